The van der Waals surface area contributed by atoms with Crippen molar-refractivity contribution < 1.29 is 14.6 Å². The van der Waals surface area contributed by atoms with Crippen LogP contribution in [-0.2, 0) is 6.54 Å². The van der Waals surface area contributed by atoms with Crippen LogP contribution < -0.4 is 14.8 Å². The summed E-state index contributed by atoms with van der Waals surface area (Å²) < 4.78 is 10.9. The summed E-state index contributed by atoms with van der Waals surface area (Å²) in [7, 11) is 0. The molecule has 0 saturated heterocycles. The van der Waals surface area contributed by atoms with Crippen molar-refractivity contribution in [1.29, 1.82) is 0 Å². The van der Waals surface area contributed by atoms with Gasteiger partial charge in [-0.05, 0) is 18.6 Å². The van der Waals surface area contributed by atoms with Gasteiger partial charge in [-0.1, -0.05) is 37.3 Å². The number of nitrogens with one attached hydrogen (secondary N) is 1. The Hall–Kier alpha value is -2.20. The number of phenolic OH excluding ortho intramolecular Hbond substituents is 1. The second-order valence-electron chi connectivity index (χ2n) is 5.05. The third-order valence-electron chi connectivity index (χ3n) is 3.74. The second-order valence-corrected chi connectivity index (χ2v) is 5.05. The SMILES string of the molecule is CCC(NCc1cccc2c1OCO2)c1ccccc1O. The van der Waals surface area contributed by atoms with Crippen LogP contribution in [0.1, 0.15) is 30.5 Å². The van der Waals surface area contributed by atoms with E-state index in [1.54, 1.807) is 6.07 Å². The molecule has 0 aromatic heterocycles. The minimum Gasteiger partial charge on any atom is -0.508 e. The number of aromatic hydroxyl groups is 1. The van der Waals surface area contributed by atoms with E-state index in [1.807, 2.05) is 36.4 Å². The van der Waals surface area contributed by atoms with E-state index in [0.29, 0.717) is 12.3 Å². The Morgan fingerprint density at radius 1 is 1.14 bits per heavy atom. The van der Waals surface area contributed by atoms with Crippen LogP contribution in [0.5, 0.6) is 17.2 Å². The van der Waals surface area contributed by atoms with Crippen molar-refractivity contribution in [2.24, 2.45) is 0 Å². The van der Waals surface area contributed by atoms with Crippen molar-refractivity contribution in [3.05, 3.63) is 53.6 Å². The van der Waals surface area contributed by atoms with Crippen LogP contribution in [0.3, 0.4) is 0 Å². The standard InChI is InChI=1S/C17H19NO3/c1-2-14(13-7-3-4-8-15(13)19)18-10-12-6-5-9-16-17(12)21-11-20-16/h3-9,14,18-19H,2,10-11H2,1H3. The average molecular weight is 285 g/mol. The number of benzene rings is 2. The molecule has 0 spiro atoms. The molecule has 0 fully saturated rings. The zero-order chi connectivity index (χ0) is 14.7. The Labute approximate surface area is 124 Å². The minimum absolute atomic E-state index is 0.101. The lowest BCUT2D eigenvalue weighted by Crippen LogP contribution is -2.20. The lowest BCUT2D eigenvalue weighted by atomic mass is 10.0. The molecule has 0 radical (unpaired) electrons. The van der Waals surface area contributed by atoms with Gasteiger partial charge in [-0.25, -0.2) is 0 Å². The summed E-state index contributed by atoms with van der Waals surface area (Å²) in [6, 6.07) is 13.4. The van der Waals surface area contributed by atoms with E-state index in [9.17, 15) is 5.11 Å². The Bertz CT molecular complexity index is 627. The Kier molecular flexibility index (Phi) is 3.97. The molecule has 1 atom stereocenters. The second kappa shape index (κ2) is 6.06. The summed E-state index contributed by atoms with van der Waals surface area (Å²) in [5.41, 5.74) is 1.99. The molecule has 0 amide bonds. The lowest BCUT2D eigenvalue weighted by molar-refractivity contribution is 0.173. The fourth-order valence-corrected chi connectivity index (χ4v) is 2.62. The van der Waals surface area contributed by atoms with E-state index in [1.165, 1.54) is 0 Å². The predicted molar refractivity (Wildman–Crippen MR) is 80.5 cm³/mol. The van der Waals surface area contributed by atoms with Crippen molar-refractivity contribution in [3.63, 3.8) is 0 Å². The fraction of sp³-hybridized carbons (Fsp3) is 0.294. The highest BCUT2D eigenvalue weighted by Crippen LogP contribution is 2.35. The molecule has 21 heavy (non-hydrogen) atoms. The van der Waals surface area contributed by atoms with E-state index < -0.39 is 0 Å². The van der Waals surface area contributed by atoms with Crippen LogP contribution in [0.25, 0.3) is 0 Å². The van der Waals surface area contributed by atoms with Gasteiger partial charge in [0.05, 0.1) is 0 Å². The molecule has 4 heteroatoms. The average Bonchev–Trinajstić information content (AvgIpc) is 2.98. The maximum Gasteiger partial charge on any atom is 0.231 e. The summed E-state index contributed by atoms with van der Waals surface area (Å²) in [6.07, 6.45) is 0.893. The maximum absolute atomic E-state index is 9.98. The first-order valence-corrected chi connectivity index (χ1v) is 7.18. The Morgan fingerprint density at radius 2 is 2.00 bits per heavy atom. The first kappa shape index (κ1) is 13.8. The smallest absolute Gasteiger partial charge is 0.231 e. The van der Waals surface area contributed by atoms with Crippen molar-refractivity contribution in [2.75, 3.05) is 6.79 Å². The number of para-hydroxylation sites is 2. The summed E-state index contributed by atoms with van der Waals surface area (Å²) in [6.45, 7) is 3.04. The van der Waals surface area contributed by atoms with Gasteiger partial charge in [-0.15, -0.1) is 0 Å². The molecule has 2 aromatic carbocycles. The van der Waals surface area contributed by atoms with Crippen LogP contribution in [0.4, 0.5) is 0 Å². The fourth-order valence-electron chi connectivity index (χ4n) is 2.62. The Morgan fingerprint density at radius 3 is 2.81 bits per heavy atom. The number of hydrogen-bond donors (Lipinski definition) is 2. The third-order valence-corrected chi connectivity index (χ3v) is 3.74. The van der Waals surface area contributed by atoms with Crippen LogP contribution in [0.2, 0.25) is 0 Å². The minimum atomic E-state index is 0.101. The van der Waals surface area contributed by atoms with Gasteiger partial charge in [0.1, 0.15) is 5.75 Å². The zero-order valence-corrected chi connectivity index (χ0v) is 12.0. The molecule has 0 aliphatic carbocycles. The highest BCUT2D eigenvalue weighted by molar-refractivity contribution is 5.48. The number of rotatable bonds is 5. The zero-order valence-electron chi connectivity index (χ0n) is 12.0. The number of ether oxygens (including phenoxy) is 2. The van der Waals surface area contributed by atoms with E-state index in [4.69, 9.17) is 9.47 Å². The van der Waals surface area contributed by atoms with Gasteiger partial charge >= 0.3 is 0 Å². The van der Waals surface area contributed by atoms with Gasteiger partial charge in [0, 0.05) is 23.7 Å². The number of fused-ring (bicyclic) bond motifs is 1. The molecule has 1 aliphatic heterocycles. The largest absolute Gasteiger partial charge is 0.508 e. The molecule has 0 saturated carbocycles. The predicted octanol–water partition coefficient (Wildman–Crippen LogP) is 3.36. The lowest BCUT2D eigenvalue weighted by Gasteiger charge is -2.19. The molecule has 4 nitrogen and oxygen atoms in total. The molecule has 1 heterocycles. The van der Waals surface area contributed by atoms with Gasteiger partial charge < -0.3 is 19.9 Å². The van der Waals surface area contributed by atoms with Gasteiger partial charge in [0.15, 0.2) is 11.5 Å². The molecule has 2 N–H and O–H groups in total. The summed E-state index contributed by atoms with van der Waals surface area (Å²) >= 11 is 0. The Balaban J connectivity index is 1.75. The van der Waals surface area contributed by atoms with E-state index in [2.05, 4.69) is 12.2 Å². The first-order valence-electron chi connectivity index (χ1n) is 7.18. The van der Waals surface area contributed by atoms with Crippen LogP contribution in [0, 0.1) is 0 Å². The van der Waals surface area contributed by atoms with E-state index in [0.717, 1.165) is 29.0 Å². The van der Waals surface area contributed by atoms with Crippen molar-refractivity contribution in [3.8, 4) is 17.2 Å². The monoisotopic (exact) mass is 285 g/mol. The van der Waals surface area contributed by atoms with Gasteiger partial charge in [-0.3, -0.25) is 0 Å². The van der Waals surface area contributed by atoms with Crippen molar-refractivity contribution in [2.45, 2.75) is 25.9 Å². The van der Waals surface area contributed by atoms with Crippen LogP contribution >= 0.6 is 0 Å². The number of phenols is 1. The topological polar surface area (TPSA) is 50.7 Å². The molecular formula is C17H19NO3. The van der Waals surface area contributed by atoms with Gasteiger partial charge in [0.25, 0.3) is 0 Å². The van der Waals surface area contributed by atoms with Crippen LogP contribution in [-0.4, -0.2) is 11.9 Å². The van der Waals surface area contributed by atoms with Crippen molar-refractivity contribution in [1.82, 2.24) is 5.32 Å². The third kappa shape index (κ3) is 2.81. The van der Waals surface area contributed by atoms with Gasteiger partial charge in [-0.2, -0.15) is 0 Å². The molecule has 1 aliphatic rings. The van der Waals surface area contributed by atoms with E-state index >= 15 is 0 Å². The molecule has 3 rings (SSSR count). The molecule has 2 aromatic rings. The molecular weight excluding hydrogens is 266 g/mol. The van der Waals surface area contributed by atoms with Gasteiger partial charge in [0.2, 0.25) is 6.79 Å². The van der Waals surface area contributed by atoms with E-state index in [-0.39, 0.29) is 12.8 Å². The highest BCUT2D eigenvalue weighted by atomic mass is 16.7. The molecule has 110 valence electrons. The first-order chi connectivity index (χ1) is 10.3. The summed E-state index contributed by atoms with van der Waals surface area (Å²) in [4.78, 5) is 0. The summed E-state index contributed by atoms with van der Waals surface area (Å²) in [5.74, 6) is 1.94. The molecule has 0 bridgehead atoms. The molecule has 1 unspecified atom stereocenters. The maximum atomic E-state index is 9.98. The quantitative estimate of drug-likeness (QED) is 0.884. The number of hydrogen-bond acceptors (Lipinski definition) is 4. The normalized spacial score (nSPS) is 14.1. The van der Waals surface area contributed by atoms with Crippen LogP contribution in [0.15, 0.2) is 42.5 Å². The summed E-state index contributed by atoms with van der Waals surface area (Å²) in [5, 5.41) is 13.5. The van der Waals surface area contributed by atoms with Crippen molar-refractivity contribution >= 4 is 0 Å². The highest BCUT2D eigenvalue weighted by Gasteiger charge is 2.18.